The van der Waals surface area contributed by atoms with E-state index in [0.717, 1.165) is 11.1 Å². The van der Waals surface area contributed by atoms with Gasteiger partial charge in [0.05, 0.1) is 10.0 Å². The summed E-state index contributed by atoms with van der Waals surface area (Å²) in [5.41, 5.74) is 1.87. The molecule has 1 aromatic carbocycles. The molecule has 0 bridgehead atoms. The smallest absolute Gasteiger partial charge is 0.222 e. The molecule has 2 aromatic rings. The van der Waals surface area contributed by atoms with E-state index in [9.17, 15) is 0 Å². The van der Waals surface area contributed by atoms with Crippen LogP contribution in [0, 0.1) is 6.92 Å². The molecule has 0 amide bonds. The van der Waals surface area contributed by atoms with Crippen LogP contribution in [0.3, 0.4) is 0 Å². The van der Waals surface area contributed by atoms with Crippen LogP contribution in [-0.4, -0.2) is 4.98 Å². The maximum absolute atomic E-state index is 5.92. The standard InChI is InChI=1S/C13H10Cl3NO/c1-8-4-9(6-14)7-17-13(8)18-10-2-3-11(15)12(16)5-10/h2-5,7H,6H2,1H3. The number of aryl methyl sites for hydroxylation is 1. The van der Waals surface area contributed by atoms with Crippen molar-refractivity contribution in [2.24, 2.45) is 0 Å². The lowest BCUT2D eigenvalue weighted by Crippen LogP contribution is -1.93. The lowest BCUT2D eigenvalue weighted by atomic mass is 10.2. The SMILES string of the molecule is Cc1cc(CCl)cnc1Oc1ccc(Cl)c(Cl)c1. The molecule has 1 aromatic heterocycles. The molecule has 0 aliphatic heterocycles. The molecule has 1 heterocycles. The number of hydrogen-bond donors (Lipinski definition) is 0. The van der Waals surface area contributed by atoms with E-state index in [1.165, 1.54) is 0 Å². The fourth-order valence-electron chi connectivity index (χ4n) is 1.45. The van der Waals surface area contributed by atoms with Gasteiger partial charge in [-0.3, -0.25) is 0 Å². The van der Waals surface area contributed by atoms with E-state index in [1.807, 2.05) is 13.0 Å². The third kappa shape index (κ3) is 3.08. The number of pyridine rings is 1. The minimum absolute atomic E-state index is 0.431. The van der Waals surface area contributed by atoms with Gasteiger partial charge in [0.15, 0.2) is 0 Å². The minimum atomic E-state index is 0.431. The first-order chi connectivity index (χ1) is 8.60. The van der Waals surface area contributed by atoms with Gasteiger partial charge in [0, 0.05) is 23.7 Å². The Bertz CT molecular complexity index is 572. The molecule has 0 aliphatic carbocycles. The summed E-state index contributed by atoms with van der Waals surface area (Å²) in [5, 5.41) is 0.940. The minimum Gasteiger partial charge on any atom is -0.439 e. The Balaban J connectivity index is 2.25. The summed E-state index contributed by atoms with van der Waals surface area (Å²) in [6.07, 6.45) is 1.69. The van der Waals surface area contributed by atoms with E-state index in [0.29, 0.717) is 27.6 Å². The molecule has 0 radical (unpaired) electrons. The van der Waals surface area contributed by atoms with Crippen molar-refractivity contribution in [3.05, 3.63) is 51.6 Å². The van der Waals surface area contributed by atoms with Crippen LogP contribution < -0.4 is 4.74 Å². The summed E-state index contributed by atoms with van der Waals surface area (Å²) in [4.78, 5) is 4.21. The van der Waals surface area contributed by atoms with Crippen LogP contribution in [0.15, 0.2) is 30.5 Å². The molecule has 0 unspecified atom stereocenters. The third-order valence-electron chi connectivity index (χ3n) is 2.35. The van der Waals surface area contributed by atoms with Gasteiger partial charge in [0.25, 0.3) is 0 Å². The monoisotopic (exact) mass is 301 g/mol. The highest BCUT2D eigenvalue weighted by Gasteiger charge is 2.06. The highest BCUT2D eigenvalue weighted by molar-refractivity contribution is 6.42. The Morgan fingerprint density at radius 3 is 2.56 bits per heavy atom. The van der Waals surface area contributed by atoms with E-state index in [4.69, 9.17) is 39.5 Å². The number of halogens is 3. The van der Waals surface area contributed by atoms with E-state index in [2.05, 4.69) is 4.98 Å². The van der Waals surface area contributed by atoms with E-state index in [-0.39, 0.29) is 0 Å². The lowest BCUT2D eigenvalue weighted by Gasteiger charge is -2.09. The van der Waals surface area contributed by atoms with Gasteiger partial charge in [-0.05, 0) is 30.7 Å². The molecule has 0 N–H and O–H groups in total. The van der Waals surface area contributed by atoms with Crippen LogP contribution in [0.25, 0.3) is 0 Å². The first kappa shape index (κ1) is 13.5. The van der Waals surface area contributed by atoms with Gasteiger partial charge < -0.3 is 4.74 Å². The van der Waals surface area contributed by atoms with Crippen molar-refractivity contribution in [3.8, 4) is 11.6 Å². The third-order valence-corrected chi connectivity index (χ3v) is 3.39. The number of rotatable bonds is 3. The molecule has 0 aliphatic rings. The summed E-state index contributed by atoms with van der Waals surface area (Å²) in [7, 11) is 0. The van der Waals surface area contributed by atoms with Crippen molar-refractivity contribution in [3.63, 3.8) is 0 Å². The highest BCUT2D eigenvalue weighted by Crippen LogP contribution is 2.30. The van der Waals surface area contributed by atoms with Crippen molar-refractivity contribution in [1.82, 2.24) is 4.98 Å². The van der Waals surface area contributed by atoms with E-state index < -0.39 is 0 Å². The second-order valence-corrected chi connectivity index (χ2v) is 4.86. The molecule has 18 heavy (non-hydrogen) atoms. The zero-order chi connectivity index (χ0) is 13.1. The first-order valence-corrected chi connectivity index (χ1v) is 6.53. The van der Waals surface area contributed by atoms with Crippen molar-refractivity contribution >= 4 is 34.8 Å². The van der Waals surface area contributed by atoms with E-state index in [1.54, 1.807) is 24.4 Å². The average molecular weight is 303 g/mol. The summed E-state index contributed by atoms with van der Waals surface area (Å²) in [5.74, 6) is 1.56. The number of hydrogen-bond acceptors (Lipinski definition) is 2. The maximum atomic E-state index is 5.92. The molecule has 0 saturated carbocycles. The fraction of sp³-hybridized carbons (Fsp3) is 0.154. The van der Waals surface area contributed by atoms with Crippen molar-refractivity contribution in [2.45, 2.75) is 12.8 Å². The average Bonchev–Trinajstić information content (AvgIpc) is 2.36. The van der Waals surface area contributed by atoms with Gasteiger partial charge in [0.1, 0.15) is 5.75 Å². The van der Waals surface area contributed by atoms with Crippen LogP contribution in [0.1, 0.15) is 11.1 Å². The normalized spacial score (nSPS) is 10.4. The molecule has 94 valence electrons. The number of ether oxygens (including phenoxy) is 1. The van der Waals surface area contributed by atoms with Gasteiger partial charge in [-0.2, -0.15) is 0 Å². The molecular formula is C13H10Cl3NO. The molecule has 5 heteroatoms. The number of aromatic nitrogens is 1. The van der Waals surface area contributed by atoms with E-state index >= 15 is 0 Å². The zero-order valence-corrected chi connectivity index (χ0v) is 11.9. The van der Waals surface area contributed by atoms with Crippen LogP contribution in [-0.2, 0) is 5.88 Å². The Morgan fingerprint density at radius 1 is 1.17 bits per heavy atom. The fourth-order valence-corrected chi connectivity index (χ4v) is 1.89. The summed E-state index contributed by atoms with van der Waals surface area (Å²) < 4.78 is 5.65. The molecule has 0 saturated heterocycles. The quantitative estimate of drug-likeness (QED) is 0.724. The molecule has 2 rings (SSSR count). The molecule has 0 atom stereocenters. The van der Waals surface area contributed by atoms with Crippen LogP contribution >= 0.6 is 34.8 Å². The zero-order valence-electron chi connectivity index (χ0n) is 9.58. The Morgan fingerprint density at radius 2 is 1.94 bits per heavy atom. The number of benzene rings is 1. The molecular weight excluding hydrogens is 293 g/mol. The number of nitrogens with zero attached hydrogens (tertiary/aromatic N) is 1. The lowest BCUT2D eigenvalue weighted by molar-refractivity contribution is 0.458. The topological polar surface area (TPSA) is 22.1 Å². The van der Waals surface area contributed by atoms with Gasteiger partial charge in [0.2, 0.25) is 5.88 Å². The Hall–Kier alpha value is -0.960. The largest absolute Gasteiger partial charge is 0.439 e. The summed E-state index contributed by atoms with van der Waals surface area (Å²) >= 11 is 17.5. The molecule has 0 spiro atoms. The van der Waals surface area contributed by atoms with Crippen molar-refractivity contribution in [2.75, 3.05) is 0 Å². The summed E-state index contributed by atoms with van der Waals surface area (Å²) in [6.45, 7) is 1.91. The van der Waals surface area contributed by atoms with Crippen molar-refractivity contribution in [1.29, 1.82) is 0 Å². The molecule has 2 nitrogen and oxygen atoms in total. The second-order valence-electron chi connectivity index (χ2n) is 3.78. The van der Waals surface area contributed by atoms with Gasteiger partial charge in [-0.1, -0.05) is 23.2 Å². The molecule has 0 fully saturated rings. The van der Waals surface area contributed by atoms with Crippen LogP contribution in [0.4, 0.5) is 0 Å². The predicted molar refractivity (Wildman–Crippen MR) is 75.1 cm³/mol. The maximum Gasteiger partial charge on any atom is 0.222 e. The van der Waals surface area contributed by atoms with Crippen molar-refractivity contribution < 1.29 is 4.74 Å². The highest BCUT2D eigenvalue weighted by atomic mass is 35.5. The van der Waals surface area contributed by atoms with Crippen LogP contribution in [0.2, 0.25) is 10.0 Å². The van der Waals surface area contributed by atoms with Gasteiger partial charge >= 0.3 is 0 Å². The number of alkyl halides is 1. The second kappa shape index (κ2) is 5.79. The first-order valence-electron chi connectivity index (χ1n) is 5.24. The summed E-state index contributed by atoms with van der Waals surface area (Å²) in [6, 6.07) is 7.01. The Labute approximate surface area is 120 Å². The van der Waals surface area contributed by atoms with Crippen LogP contribution in [0.5, 0.6) is 11.6 Å². The van der Waals surface area contributed by atoms with Gasteiger partial charge in [-0.25, -0.2) is 4.98 Å². The predicted octanol–water partition coefficient (Wildman–Crippen LogP) is 5.23. The van der Waals surface area contributed by atoms with Gasteiger partial charge in [-0.15, -0.1) is 11.6 Å². The Kier molecular flexibility index (Phi) is 4.33.